The Hall–Kier alpha value is -2.44. The van der Waals surface area contributed by atoms with E-state index in [0.29, 0.717) is 32.4 Å². The van der Waals surface area contributed by atoms with Crippen LogP contribution in [0.25, 0.3) is 0 Å². The number of nitrogens with one attached hydrogen (secondary N) is 2. The Balaban J connectivity index is 1.97. The highest BCUT2D eigenvalue weighted by Gasteiger charge is 2.10. The summed E-state index contributed by atoms with van der Waals surface area (Å²) in [5.74, 6) is 4.11. The van der Waals surface area contributed by atoms with Crippen molar-refractivity contribution in [3.8, 4) is 23.8 Å². The van der Waals surface area contributed by atoms with Gasteiger partial charge in [-0.2, -0.15) is 0 Å². The lowest BCUT2D eigenvalue weighted by atomic mass is 10.3. The fourth-order valence-corrected chi connectivity index (χ4v) is 3.02. The number of ether oxygens (including phenoxy) is 2. The molecule has 2 amide bonds. The molecule has 0 saturated heterocycles. The van der Waals surface area contributed by atoms with Gasteiger partial charge in [0.15, 0.2) is 15.8 Å². The lowest BCUT2D eigenvalue weighted by molar-refractivity contribution is 0.262. The molecule has 0 radical (unpaired) electrons. The number of carbonyl (C=O) groups is 1. The molecule has 0 atom stereocenters. The molecule has 120 valence electrons. The van der Waals surface area contributed by atoms with Gasteiger partial charge in [-0.25, -0.2) is 4.79 Å². The predicted octanol–water partition coefficient (Wildman–Crippen LogP) is 2.92. The van der Waals surface area contributed by atoms with Crippen molar-refractivity contribution >= 4 is 39.9 Å². The SMILES string of the molecule is C#CCSc1nnc(NC(=O)Nc2ccc(OC)c(OC)c2)s1. The van der Waals surface area contributed by atoms with E-state index in [9.17, 15) is 4.79 Å². The smallest absolute Gasteiger partial charge is 0.325 e. The highest BCUT2D eigenvalue weighted by Crippen LogP contribution is 2.30. The summed E-state index contributed by atoms with van der Waals surface area (Å²) in [5, 5.41) is 13.5. The van der Waals surface area contributed by atoms with Crippen LogP contribution in [0.5, 0.6) is 11.5 Å². The van der Waals surface area contributed by atoms with Gasteiger partial charge in [0.2, 0.25) is 5.13 Å². The molecule has 0 saturated carbocycles. The lowest BCUT2D eigenvalue weighted by Gasteiger charge is -2.10. The molecule has 1 aromatic heterocycles. The van der Waals surface area contributed by atoms with Crippen molar-refractivity contribution < 1.29 is 14.3 Å². The molecule has 0 aliphatic heterocycles. The molecule has 1 heterocycles. The first kappa shape index (κ1) is 16.9. The molecular weight excluding hydrogens is 336 g/mol. The number of benzene rings is 1. The van der Waals surface area contributed by atoms with Crippen LogP contribution in [0.2, 0.25) is 0 Å². The van der Waals surface area contributed by atoms with Crippen molar-refractivity contribution in [2.24, 2.45) is 0 Å². The summed E-state index contributed by atoms with van der Waals surface area (Å²) in [7, 11) is 3.07. The van der Waals surface area contributed by atoms with Crippen molar-refractivity contribution in [1.29, 1.82) is 0 Å². The molecule has 1 aromatic carbocycles. The highest BCUT2D eigenvalue weighted by atomic mass is 32.2. The first-order valence-corrected chi connectivity index (χ1v) is 8.16. The molecule has 23 heavy (non-hydrogen) atoms. The number of anilines is 2. The number of methoxy groups -OCH3 is 2. The summed E-state index contributed by atoms with van der Waals surface area (Å²) < 4.78 is 11.0. The molecular formula is C14H14N4O3S2. The maximum Gasteiger partial charge on any atom is 0.325 e. The number of hydrogen-bond donors (Lipinski definition) is 2. The summed E-state index contributed by atoms with van der Waals surface area (Å²) in [6.45, 7) is 0. The number of thioether (sulfide) groups is 1. The van der Waals surface area contributed by atoms with Crippen molar-refractivity contribution in [1.82, 2.24) is 10.2 Å². The number of amides is 2. The van der Waals surface area contributed by atoms with E-state index in [1.165, 1.54) is 30.2 Å². The van der Waals surface area contributed by atoms with Crippen LogP contribution in [0, 0.1) is 12.3 Å². The van der Waals surface area contributed by atoms with Crippen molar-refractivity contribution in [2.75, 3.05) is 30.6 Å². The number of rotatable bonds is 6. The van der Waals surface area contributed by atoms with Gasteiger partial charge in [0, 0.05) is 11.8 Å². The van der Waals surface area contributed by atoms with Gasteiger partial charge in [-0.1, -0.05) is 29.0 Å². The fourth-order valence-electron chi connectivity index (χ4n) is 1.60. The van der Waals surface area contributed by atoms with E-state index in [-0.39, 0.29) is 0 Å². The highest BCUT2D eigenvalue weighted by molar-refractivity contribution is 8.01. The molecule has 0 fully saturated rings. The van der Waals surface area contributed by atoms with E-state index < -0.39 is 6.03 Å². The minimum Gasteiger partial charge on any atom is -0.493 e. The van der Waals surface area contributed by atoms with Gasteiger partial charge >= 0.3 is 6.03 Å². The van der Waals surface area contributed by atoms with Gasteiger partial charge in [0.1, 0.15) is 0 Å². The third-order valence-electron chi connectivity index (χ3n) is 2.55. The zero-order valence-electron chi connectivity index (χ0n) is 12.5. The average molecular weight is 350 g/mol. The Kier molecular flexibility index (Phi) is 6.08. The Morgan fingerprint density at radius 3 is 2.78 bits per heavy atom. The van der Waals surface area contributed by atoms with E-state index in [2.05, 4.69) is 26.8 Å². The second-order valence-corrected chi connectivity index (χ2v) is 6.21. The summed E-state index contributed by atoms with van der Waals surface area (Å²) >= 11 is 2.64. The molecule has 0 aliphatic rings. The van der Waals surface area contributed by atoms with Crippen LogP contribution in [0.15, 0.2) is 22.5 Å². The summed E-state index contributed by atoms with van der Waals surface area (Å²) in [6.07, 6.45) is 5.18. The summed E-state index contributed by atoms with van der Waals surface area (Å²) in [6, 6.07) is 4.64. The predicted molar refractivity (Wildman–Crippen MR) is 91.7 cm³/mol. The standard InChI is InChI=1S/C14H14N4O3S2/c1-4-7-22-14-18-17-13(23-14)16-12(19)15-9-5-6-10(20-2)11(8-9)21-3/h1,5-6,8H,7H2,2-3H3,(H2,15,16,17,19). The molecule has 2 rings (SSSR count). The summed E-state index contributed by atoms with van der Waals surface area (Å²) in [4.78, 5) is 12.0. The van der Waals surface area contributed by atoms with E-state index >= 15 is 0 Å². The molecule has 0 unspecified atom stereocenters. The largest absolute Gasteiger partial charge is 0.493 e. The number of terminal acetylenes is 1. The van der Waals surface area contributed by atoms with Gasteiger partial charge in [0.05, 0.1) is 20.0 Å². The third kappa shape index (κ3) is 4.77. The topological polar surface area (TPSA) is 85.4 Å². The van der Waals surface area contributed by atoms with Crippen molar-refractivity contribution in [2.45, 2.75) is 4.34 Å². The van der Waals surface area contributed by atoms with Crippen LogP contribution in [0.3, 0.4) is 0 Å². The monoisotopic (exact) mass is 350 g/mol. The fraction of sp³-hybridized carbons (Fsp3) is 0.214. The first-order valence-electron chi connectivity index (χ1n) is 6.36. The minimum absolute atomic E-state index is 0.391. The Labute approximate surface area is 141 Å². The van der Waals surface area contributed by atoms with Crippen LogP contribution < -0.4 is 20.1 Å². The normalized spacial score (nSPS) is 9.78. The third-order valence-corrected chi connectivity index (χ3v) is 4.42. The molecule has 9 heteroatoms. The van der Waals surface area contributed by atoms with Crippen LogP contribution in [-0.2, 0) is 0 Å². The van der Waals surface area contributed by atoms with Gasteiger partial charge in [0.25, 0.3) is 0 Å². The van der Waals surface area contributed by atoms with Crippen molar-refractivity contribution in [3.63, 3.8) is 0 Å². The Morgan fingerprint density at radius 1 is 1.30 bits per heavy atom. The van der Waals surface area contributed by atoms with Crippen LogP contribution in [-0.4, -0.2) is 36.2 Å². The quantitative estimate of drug-likeness (QED) is 0.473. The molecule has 0 bridgehead atoms. The van der Waals surface area contributed by atoms with Crippen LogP contribution in [0.1, 0.15) is 0 Å². The number of carbonyl (C=O) groups excluding carboxylic acids is 1. The molecule has 0 aliphatic carbocycles. The second-order valence-electron chi connectivity index (χ2n) is 4.01. The zero-order valence-corrected chi connectivity index (χ0v) is 14.1. The maximum atomic E-state index is 12.0. The number of nitrogens with zero attached hydrogens (tertiary/aromatic N) is 2. The van der Waals surface area contributed by atoms with E-state index in [1.807, 2.05) is 0 Å². The second kappa shape index (κ2) is 8.26. The lowest BCUT2D eigenvalue weighted by Crippen LogP contribution is -2.19. The van der Waals surface area contributed by atoms with E-state index in [1.54, 1.807) is 25.3 Å². The number of hydrogen-bond acceptors (Lipinski definition) is 7. The Morgan fingerprint density at radius 2 is 2.09 bits per heavy atom. The maximum absolute atomic E-state index is 12.0. The first-order chi connectivity index (χ1) is 11.2. The number of aromatic nitrogens is 2. The van der Waals surface area contributed by atoms with Gasteiger partial charge in [-0.05, 0) is 12.1 Å². The minimum atomic E-state index is -0.429. The number of urea groups is 1. The van der Waals surface area contributed by atoms with E-state index in [4.69, 9.17) is 15.9 Å². The summed E-state index contributed by atoms with van der Waals surface area (Å²) in [5.41, 5.74) is 0.562. The van der Waals surface area contributed by atoms with E-state index in [0.717, 1.165) is 0 Å². The average Bonchev–Trinajstić information content (AvgIpc) is 2.99. The molecule has 0 spiro atoms. The van der Waals surface area contributed by atoms with Gasteiger partial charge in [-0.15, -0.1) is 16.6 Å². The zero-order chi connectivity index (χ0) is 16.7. The van der Waals surface area contributed by atoms with Crippen LogP contribution in [0.4, 0.5) is 15.6 Å². The molecule has 7 nitrogen and oxygen atoms in total. The van der Waals surface area contributed by atoms with Crippen LogP contribution >= 0.6 is 23.1 Å². The van der Waals surface area contributed by atoms with Gasteiger partial charge < -0.3 is 14.8 Å². The Bertz CT molecular complexity index is 727. The molecule has 2 N–H and O–H groups in total. The molecule has 2 aromatic rings. The van der Waals surface area contributed by atoms with Crippen molar-refractivity contribution in [3.05, 3.63) is 18.2 Å². The van der Waals surface area contributed by atoms with Gasteiger partial charge in [-0.3, -0.25) is 5.32 Å².